The van der Waals surface area contributed by atoms with Crippen molar-refractivity contribution in [3.05, 3.63) is 68.9 Å². The zero-order chi connectivity index (χ0) is 16.4. The maximum atomic E-state index is 13.6. The molecule has 1 N–H and O–H groups in total. The van der Waals surface area contributed by atoms with E-state index in [0.717, 1.165) is 9.15 Å². The summed E-state index contributed by atoms with van der Waals surface area (Å²) in [7, 11) is 0. The lowest BCUT2D eigenvalue weighted by molar-refractivity contribution is -0.122. The van der Waals surface area contributed by atoms with Crippen molar-refractivity contribution in [2.24, 2.45) is 0 Å². The lowest BCUT2D eigenvalue weighted by atomic mass is 10.2. The zero-order valence-corrected chi connectivity index (χ0v) is 13.5. The number of pyridine rings is 1. The van der Waals surface area contributed by atoms with Gasteiger partial charge in [0, 0.05) is 22.8 Å². The largest absolute Gasteiger partial charge is 0.350 e. The Bertz CT molecular complexity index is 935. The molecule has 0 bridgehead atoms. The number of hydrogen-bond donors (Lipinski definition) is 1. The van der Waals surface area contributed by atoms with Crippen LogP contribution in [0.5, 0.6) is 0 Å². The molecule has 1 aromatic carbocycles. The van der Waals surface area contributed by atoms with Gasteiger partial charge in [-0.05, 0) is 30.3 Å². The SMILES string of the molecule is O=C(Cn1nc2ccccn2c1=O)NCc1cc(Br)ccc1F. The van der Waals surface area contributed by atoms with E-state index < -0.39 is 17.4 Å². The molecule has 3 rings (SSSR count). The third kappa shape index (κ3) is 3.31. The molecule has 0 spiro atoms. The van der Waals surface area contributed by atoms with Crippen molar-refractivity contribution in [1.82, 2.24) is 19.5 Å². The molecule has 0 atom stereocenters. The predicted molar refractivity (Wildman–Crippen MR) is 85.4 cm³/mol. The highest BCUT2D eigenvalue weighted by molar-refractivity contribution is 9.10. The molecule has 0 saturated carbocycles. The first-order valence-electron chi connectivity index (χ1n) is 6.79. The van der Waals surface area contributed by atoms with Gasteiger partial charge in [-0.25, -0.2) is 13.9 Å². The highest BCUT2D eigenvalue weighted by Crippen LogP contribution is 2.15. The highest BCUT2D eigenvalue weighted by atomic mass is 79.9. The Balaban J connectivity index is 1.70. The van der Waals surface area contributed by atoms with Gasteiger partial charge in [-0.2, -0.15) is 0 Å². The maximum Gasteiger partial charge on any atom is 0.350 e. The normalized spacial score (nSPS) is 10.9. The summed E-state index contributed by atoms with van der Waals surface area (Å²) in [6.07, 6.45) is 1.58. The number of halogens is 2. The topological polar surface area (TPSA) is 68.4 Å². The molecular formula is C15H12BrFN4O2. The Morgan fingerprint density at radius 1 is 1.30 bits per heavy atom. The number of carbonyl (C=O) groups is 1. The molecule has 1 amide bonds. The van der Waals surface area contributed by atoms with Gasteiger partial charge in [0.05, 0.1) is 0 Å². The molecule has 0 unspecified atom stereocenters. The van der Waals surface area contributed by atoms with E-state index in [0.29, 0.717) is 11.2 Å². The third-order valence-corrected chi connectivity index (χ3v) is 3.76. The molecular weight excluding hydrogens is 367 g/mol. The summed E-state index contributed by atoms with van der Waals surface area (Å²) in [5.74, 6) is -0.826. The van der Waals surface area contributed by atoms with Crippen LogP contribution < -0.4 is 11.0 Å². The van der Waals surface area contributed by atoms with Gasteiger partial charge >= 0.3 is 5.69 Å². The Labute approximate surface area is 138 Å². The van der Waals surface area contributed by atoms with Crippen molar-refractivity contribution >= 4 is 27.5 Å². The van der Waals surface area contributed by atoms with Gasteiger partial charge in [-0.1, -0.05) is 22.0 Å². The number of rotatable bonds is 4. The second-order valence-corrected chi connectivity index (χ2v) is 5.80. The first kappa shape index (κ1) is 15.4. The van der Waals surface area contributed by atoms with Crippen molar-refractivity contribution in [3.63, 3.8) is 0 Å². The van der Waals surface area contributed by atoms with Gasteiger partial charge < -0.3 is 5.32 Å². The van der Waals surface area contributed by atoms with Crippen LogP contribution in [0.25, 0.3) is 5.65 Å². The minimum Gasteiger partial charge on any atom is -0.350 e. The molecule has 0 aliphatic heterocycles. The Morgan fingerprint density at radius 3 is 2.91 bits per heavy atom. The van der Waals surface area contributed by atoms with E-state index >= 15 is 0 Å². The number of fused-ring (bicyclic) bond motifs is 1. The molecule has 0 aliphatic carbocycles. The van der Waals surface area contributed by atoms with Crippen molar-refractivity contribution < 1.29 is 9.18 Å². The van der Waals surface area contributed by atoms with E-state index in [4.69, 9.17) is 0 Å². The van der Waals surface area contributed by atoms with Crippen LogP contribution in [0, 0.1) is 5.82 Å². The molecule has 23 heavy (non-hydrogen) atoms. The minimum absolute atomic E-state index is 0.0340. The fraction of sp³-hybridized carbons (Fsp3) is 0.133. The fourth-order valence-corrected chi connectivity index (χ4v) is 2.54. The summed E-state index contributed by atoms with van der Waals surface area (Å²) in [4.78, 5) is 24.0. The predicted octanol–water partition coefficient (Wildman–Crippen LogP) is 1.71. The van der Waals surface area contributed by atoms with Crippen molar-refractivity contribution in [2.45, 2.75) is 13.1 Å². The number of benzene rings is 1. The minimum atomic E-state index is -0.421. The highest BCUT2D eigenvalue weighted by Gasteiger charge is 2.11. The summed E-state index contributed by atoms with van der Waals surface area (Å²) in [6, 6.07) is 9.62. The first-order chi connectivity index (χ1) is 11.0. The van der Waals surface area contributed by atoms with E-state index in [1.165, 1.54) is 10.5 Å². The molecule has 0 saturated heterocycles. The van der Waals surface area contributed by atoms with Crippen LogP contribution >= 0.6 is 15.9 Å². The molecule has 0 aliphatic rings. The van der Waals surface area contributed by atoms with E-state index in [9.17, 15) is 14.0 Å². The molecule has 8 heteroatoms. The summed E-state index contributed by atoms with van der Waals surface area (Å²) < 4.78 is 16.7. The molecule has 2 aromatic heterocycles. The van der Waals surface area contributed by atoms with Gasteiger partial charge in [0.2, 0.25) is 5.91 Å². The Hall–Kier alpha value is -2.48. The van der Waals surface area contributed by atoms with Gasteiger partial charge in [-0.15, -0.1) is 5.10 Å². The second-order valence-electron chi connectivity index (χ2n) is 4.88. The summed E-state index contributed by atoms with van der Waals surface area (Å²) in [5, 5.41) is 6.64. The number of nitrogens with one attached hydrogen (secondary N) is 1. The zero-order valence-electron chi connectivity index (χ0n) is 11.9. The monoisotopic (exact) mass is 378 g/mol. The van der Waals surface area contributed by atoms with Crippen LogP contribution in [0.2, 0.25) is 0 Å². The van der Waals surface area contributed by atoms with Crippen LogP contribution in [-0.2, 0) is 17.9 Å². The molecule has 118 valence electrons. The average Bonchev–Trinajstić information content (AvgIpc) is 2.85. The van der Waals surface area contributed by atoms with Crippen LogP contribution in [0.15, 0.2) is 51.9 Å². The lowest BCUT2D eigenvalue weighted by Crippen LogP contribution is -2.32. The number of nitrogens with zero attached hydrogens (tertiary/aromatic N) is 3. The molecule has 6 nitrogen and oxygen atoms in total. The number of amides is 1. The van der Waals surface area contributed by atoms with Gasteiger partial charge in [0.25, 0.3) is 0 Å². The van der Waals surface area contributed by atoms with Crippen LogP contribution in [0.1, 0.15) is 5.56 Å². The van der Waals surface area contributed by atoms with Crippen molar-refractivity contribution in [1.29, 1.82) is 0 Å². The second kappa shape index (κ2) is 6.33. The van der Waals surface area contributed by atoms with Crippen molar-refractivity contribution in [3.8, 4) is 0 Å². The van der Waals surface area contributed by atoms with Gasteiger partial charge in [0.15, 0.2) is 5.65 Å². The molecule has 0 fully saturated rings. The third-order valence-electron chi connectivity index (χ3n) is 3.27. The van der Waals surface area contributed by atoms with Crippen LogP contribution in [0.3, 0.4) is 0 Å². The lowest BCUT2D eigenvalue weighted by Gasteiger charge is -2.06. The summed E-state index contributed by atoms with van der Waals surface area (Å²) >= 11 is 3.25. The van der Waals surface area contributed by atoms with E-state index in [1.807, 2.05) is 0 Å². The fourth-order valence-electron chi connectivity index (χ4n) is 2.14. The van der Waals surface area contributed by atoms with Crippen molar-refractivity contribution in [2.75, 3.05) is 0 Å². The Kier molecular flexibility index (Phi) is 4.24. The summed E-state index contributed by atoms with van der Waals surface area (Å²) in [5.41, 5.74) is 0.419. The first-order valence-corrected chi connectivity index (χ1v) is 7.59. The van der Waals surface area contributed by atoms with E-state index in [-0.39, 0.29) is 13.1 Å². The molecule has 2 heterocycles. The van der Waals surface area contributed by atoms with E-state index in [1.54, 1.807) is 36.5 Å². The molecule has 0 radical (unpaired) electrons. The van der Waals surface area contributed by atoms with Gasteiger partial charge in [-0.3, -0.25) is 9.20 Å². The average molecular weight is 379 g/mol. The smallest absolute Gasteiger partial charge is 0.350 e. The number of aromatic nitrogens is 3. The summed E-state index contributed by atoms with van der Waals surface area (Å²) in [6.45, 7) is -0.192. The maximum absolute atomic E-state index is 13.6. The van der Waals surface area contributed by atoms with Gasteiger partial charge in [0.1, 0.15) is 12.4 Å². The number of carbonyl (C=O) groups excluding carboxylic acids is 1. The Morgan fingerprint density at radius 2 is 2.13 bits per heavy atom. The van der Waals surface area contributed by atoms with E-state index in [2.05, 4.69) is 26.3 Å². The number of hydrogen-bond acceptors (Lipinski definition) is 3. The quantitative estimate of drug-likeness (QED) is 0.751. The molecule has 3 aromatic rings. The van der Waals surface area contributed by atoms with Crippen LogP contribution in [0.4, 0.5) is 4.39 Å². The van der Waals surface area contributed by atoms with Crippen LogP contribution in [-0.4, -0.2) is 20.1 Å². The standard InChI is InChI=1S/C15H12BrFN4O2/c16-11-4-5-12(17)10(7-11)8-18-14(22)9-21-15(23)20-6-2-1-3-13(20)19-21/h1-7H,8-9H2,(H,18,22).